The first kappa shape index (κ1) is 21.6. The second-order valence-electron chi connectivity index (χ2n) is 5.74. The Morgan fingerprint density at radius 2 is 1.71 bits per heavy atom. The highest BCUT2D eigenvalue weighted by Crippen LogP contribution is 2.39. The van der Waals surface area contributed by atoms with Crippen LogP contribution in [0.25, 0.3) is 0 Å². The molecule has 2 aromatic carbocycles. The van der Waals surface area contributed by atoms with Crippen LogP contribution in [-0.4, -0.2) is 41.9 Å². The molecule has 0 atom stereocenters. The second kappa shape index (κ2) is 9.03. The fourth-order valence-electron chi connectivity index (χ4n) is 2.52. The predicted molar refractivity (Wildman–Crippen MR) is 107 cm³/mol. The number of carbonyl (C=O) groups is 1. The van der Waals surface area contributed by atoms with E-state index in [1.54, 1.807) is 12.1 Å². The second-order valence-corrected chi connectivity index (χ2v) is 7.90. The van der Waals surface area contributed by atoms with Crippen molar-refractivity contribution in [2.24, 2.45) is 0 Å². The van der Waals surface area contributed by atoms with Crippen LogP contribution in [0.1, 0.15) is 15.9 Å². The maximum Gasteiger partial charge on any atom is 0.251 e. The van der Waals surface area contributed by atoms with Crippen molar-refractivity contribution in [2.75, 3.05) is 32.3 Å². The number of halogens is 1. The Hall–Kier alpha value is -2.65. The van der Waals surface area contributed by atoms with Crippen molar-refractivity contribution >= 4 is 33.2 Å². The highest BCUT2D eigenvalue weighted by molar-refractivity contribution is 7.92. The van der Waals surface area contributed by atoms with Crippen LogP contribution >= 0.6 is 11.6 Å². The Kier molecular flexibility index (Phi) is 6.98. The van der Waals surface area contributed by atoms with Gasteiger partial charge in [-0.05, 0) is 30.3 Å². The maximum atomic E-state index is 12.4. The zero-order valence-corrected chi connectivity index (χ0v) is 17.4. The number of methoxy groups -OCH3 is 3. The molecule has 0 aromatic heterocycles. The van der Waals surface area contributed by atoms with E-state index in [9.17, 15) is 13.2 Å². The van der Waals surface area contributed by atoms with Gasteiger partial charge in [-0.25, -0.2) is 8.42 Å². The van der Waals surface area contributed by atoms with Crippen molar-refractivity contribution in [2.45, 2.75) is 6.54 Å². The van der Waals surface area contributed by atoms with Crippen LogP contribution in [0.15, 0.2) is 30.3 Å². The summed E-state index contributed by atoms with van der Waals surface area (Å²) in [6, 6.07) is 7.75. The molecule has 10 heteroatoms. The number of carbonyl (C=O) groups excluding carboxylic acids is 1. The van der Waals surface area contributed by atoms with Crippen LogP contribution in [-0.2, 0) is 16.6 Å². The number of benzene rings is 2. The lowest BCUT2D eigenvalue weighted by molar-refractivity contribution is 0.0950. The summed E-state index contributed by atoms with van der Waals surface area (Å²) in [4.78, 5) is 12.4. The number of amides is 1. The van der Waals surface area contributed by atoms with Gasteiger partial charge in [-0.3, -0.25) is 9.52 Å². The molecule has 0 radical (unpaired) electrons. The van der Waals surface area contributed by atoms with Crippen LogP contribution in [0.3, 0.4) is 0 Å². The van der Waals surface area contributed by atoms with E-state index in [0.717, 1.165) is 6.26 Å². The molecule has 2 aromatic rings. The van der Waals surface area contributed by atoms with Gasteiger partial charge in [0.1, 0.15) is 0 Å². The summed E-state index contributed by atoms with van der Waals surface area (Å²) < 4.78 is 40.8. The van der Waals surface area contributed by atoms with E-state index in [0.29, 0.717) is 22.8 Å². The maximum absolute atomic E-state index is 12.4. The van der Waals surface area contributed by atoms with E-state index in [1.165, 1.54) is 39.5 Å². The van der Waals surface area contributed by atoms with Gasteiger partial charge < -0.3 is 19.5 Å². The van der Waals surface area contributed by atoms with Crippen molar-refractivity contribution in [1.29, 1.82) is 0 Å². The third kappa shape index (κ3) is 5.20. The van der Waals surface area contributed by atoms with Crippen molar-refractivity contribution < 1.29 is 27.4 Å². The SMILES string of the molecule is COc1ccc(CNC(=O)c2ccc(NS(C)(=O)=O)c(Cl)c2)c(OC)c1OC. The summed E-state index contributed by atoms with van der Waals surface area (Å²) in [5.41, 5.74) is 1.17. The molecular weight excluding hydrogens is 408 g/mol. The van der Waals surface area contributed by atoms with Gasteiger partial charge >= 0.3 is 0 Å². The Morgan fingerprint density at radius 3 is 2.25 bits per heavy atom. The lowest BCUT2D eigenvalue weighted by Gasteiger charge is -2.16. The van der Waals surface area contributed by atoms with Gasteiger partial charge in [-0.2, -0.15) is 0 Å². The molecule has 2 rings (SSSR count). The minimum Gasteiger partial charge on any atom is -0.493 e. The van der Waals surface area contributed by atoms with Crippen LogP contribution in [0.2, 0.25) is 5.02 Å². The Balaban J connectivity index is 2.17. The van der Waals surface area contributed by atoms with Gasteiger partial charge in [0.05, 0.1) is 38.3 Å². The highest BCUT2D eigenvalue weighted by atomic mass is 35.5. The standard InChI is InChI=1S/C18H21ClN2O6S/c1-25-15-8-6-12(16(26-2)17(15)27-3)10-20-18(22)11-5-7-14(13(19)9-11)21-28(4,23)24/h5-9,21H,10H2,1-4H3,(H,20,22). The van der Waals surface area contributed by atoms with Crippen LogP contribution in [0, 0.1) is 0 Å². The van der Waals surface area contributed by atoms with Crippen molar-refractivity contribution in [3.63, 3.8) is 0 Å². The number of rotatable bonds is 8. The van der Waals surface area contributed by atoms with Gasteiger partial charge in [0.25, 0.3) is 5.91 Å². The minimum atomic E-state index is -3.47. The van der Waals surface area contributed by atoms with E-state index < -0.39 is 10.0 Å². The number of sulfonamides is 1. The highest BCUT2D eigenvalue weighted by Gasteiger charge is 2.17. The first-order valence-electron chi connectivity index (χ1n) is 8.03. The van der Waals surface area contributed by atoms with Crippen LogP contribution in [0.4, 0.5) is 5.69 Å². The number of ether oxygens (including phenoxy) is 3. The van der Waals surface area contributed by atoms with Gasteiger partial charge in [-0.1, -0.05) is 11.6 Å². The number of nitrogens with one attached hydrogen (secondary N) is 2. The molecular formula is C18H21ClN2O6S. The molecule has 0 aliphatic carbocycles. The molecule has 0 fully saturated rings. The molecule has 2 N–H and O–H groups in total. The zero-order chi connectivity index (χ0) is 20.9. The van der Waals surface area contributed by atoms with Crippen molar-refractivity contribution in [1.82, 2.24) is 5.32 Å². The Labute approximate surface area is 168 Å². The topological polar surface area (TPSA) is 103 Å². The lowest BCUT2D eigenvalue weighted by atomic mass is 10.1. The zero-order valence-electron chi connectivity index (χ0n) is 15.8. The summed E-state index contributed by atoms with van der Waals surface area (Å²) >= 11 is 6.06. The van der Waals surface area contributed by atoms with Gasteiger partial charge in [0.15, 0.2) is 11.5 Å². The molecule has 0 unspecified atom stereocenters. The molecule has 28 heavy (non-hydrogen) atoms. The average Bonchev–Trinajstić information content (AvgIpc) is 2.65. The van der Waals surface area contributed by atoms with E-state index in [4.69, 9.17) is 25.8 Å². The van der Waals surface area contributed by atoms with Crippen LogP contribution in [0.5, 0.6) is 17.2 Å². The van der Waals surface area contributed by atoms with E-state index in [-0.39, 0.29) is 28.7 Å². The van der Waals surface area contributed by atoms with Gasteiger partial charge in [0, 0.05) is 17.7 Å². The largest absolute Gasteiger partial charge is 0.493 e. The molecule has 0 heterocycles. The normalized spacial score (nSPS) is 10.9. The van der Waals surface area contributed by atoms with Gasteiger partial charge in [-0.15, -0.1) is 0 Å². The summed E-state index contributed by atoms with van der Waals surface area (Å²) in [5.74, 6) is 1.00. The fourth-order valence-corrected chi connectivity index (χ4v) is 3.38. The summed E-state index contributed by atoms with van der Waals surface area (Å²) in [6.07, 6.45) is 1.01. The van der Waals surface area contributed by atoms with Crippen molar-refractivity contribution in [3.8, 4) is 17.2 Å². The smallest absolute Gasteiger partial charge is 0.251 e. The van der Waals surface area contributed by atoms with E-state index >= 15 is 0 Å². The Bertz CT molecular complexity index is 978. The third-order valence-electron chi connectivity index (χ3n) is 3.75. The minimum absolute atomic E-state index is 0.113. The van der Waals surface area contributed by atoms with Gasteiger partial charge in [0.2, 0.25) is 15.8 Å². The van der Waals surface area contributed by atoms with Crippen molar-refractivity contribution in [3.05, 3.63) is 46.5 Å². The molecule has 1 amide bonds. The quantitative estimate of drug-likeness (QED) is 0.670. The molecule has 8 nitrogen and oxygen atoms in total. The first-order valence-corrected chi connectivity index (χ1v) is 10.3. The summed E-state index contributed by atoms with van der Waals surface area (Å²) in [5, 5.41) is 2.87. The predicted octanol–water partition coefficient (Wildman–Crippen LogP) is 2.67. The number of hydrogen-bond acceptors (Lipinski definition) is 6. The average molecular weight is 429 g/mol. The number of hydrogen-bond donors (Lipinski definition) is 2. The fraction of sp³-hybridized carbons (Fsp3) is 0.278. The first-order chi connectivity index (χ1) is 13.2. The number of anilines is 1. The van der Waals surface area contributed by atoms with Crippen LogP contribution < -0.4 is 24.2 Å². The third-order valence-corrected chi connectivity index (χ3v) is 4.66. The summed E-state index contributed by atoms with van der Waals surface area (Å²) in [7, 11) is 1.04. The monoisotopic (exact) mass is 428 g/mol. The summed E-state index contributed by atoms with van der Waals surface area (Å²) in [6.45, 7) is 0.170. The molecule has 0 saturated carbocycles. The molecule has 0 aliphatic heterocycles. The van der Waals surface area contributed by atoms with E-state index in [1.807, 2.05) is 0 Å². The molecule has 0 aliphatic rings. The molecule has 152 valence electrons. The molecule has 0 bridgehead atoms. The van der Waals surface area contributed by atoms with E-state index in [2.05, 4.69) is 10.0 Å². The molecule has 0 spiro atoms. The Morgan fingerprint density at radius 1 is 1.04 bits per heavy atom. The lowest BCUT2D eigenvalue weighted by Crippen LogP contribution is -2.23. The molecule has 0 saturated heterocycles.